The number of rotatable bonds is 6. The Labute approximate surface area is 167 Å². The molecule has 1 amide bonds. The molecule has 5 nitrogen and oxygen atoms in total. The highest BCUT2D eigenvalue weighted by Crippen LogP contribution is 2.15. The zero-order valence-electron chi connectivity index (χ0n) is 13.9. The number of hydrogen-bond donors (Lipinski definition) is 2. The summed E-state index contributed by atoms with van der Waals surface area (Å²) < 4.78 is 36.8. The van der Waals surface area contributed by atoms with Crippen LogP contribution in [0.2, 0.25) is 5.02 Å². The molecule has 0 aliphatic heterocycles. The molecular formula is C15H21ClF3IN4O. The predicted molar refractivity (Wildman–Crippen MR) is 103 cm³/mol. The number of carbonyl (C=O) groups is 1. The number of guanidine groups is 1. The van der Waals surface area contributed by atoms with Gasteiger partial charge in [-0.25, -0.2) is 4.99 Å². The number of benzene rings is 1. The van der Waals surface area contributed by atoms with Gasteiger partial charge in [-0.05, 0) is 24.6 Å². The van der Waals surface area contributed by atoms with Gasteiger partial charge in [0.15, 0.2) is 5.96 Å². The molecule has 0 aromatic heterocycles. The molecule has 10 heteroatoms. The zero-order valence-corrected chi connectivity index (χ0v) is 16.9. The van der Waals surface area contributed by atoms with Crippen LogP contribution in [0.1, 0.15) is 12.5 Å². The maximum absolute atomic E-state index is 12.3. The monoisotopic (exact) mass is 492 g/mol. The highest BCUT2D eigenvalue weighted by atomic mass is 127. The van der Waals surface area contributed by atoms with Gasteiger partial charge in [-0.15, -0.1) is 24.0 Å². The molecule has 142 valence electrons. The number of carbonyl (C=O) groups excluding carboxylic acids is 1. The van der Waals surface area contributed by atoms with Crippen LogP contribution in [-0.2, 0) is 11.3 Å². The molecule has 0 saturated carbocycles. The van der Waals surface area contributed by atoms with Crippen molar-refractivity contribution in [1.29, 1.82) is 0 Å². The first kappa shape index (κ1) is 23.8. The van der Waals surface area contributed by atoms with Crippen LogP contribution in [0, 0.1) is 0 Å². The Bertz CT molecular complexity index is 567. The maximum atomic E-state index is 12.3. The minimum absolute atomic E-state index is 0. The summed E-state index contributed by atoms with van der Waals surface area (Å²) >= 11 is 5.80. The number of alkyl halides is 3. The minimum Gasteiger partial charge on any atom is -0.357 e. The van der Waals surface area contributed by atoms with Crippen LogP contribution in [0.5, 0.6) is 0 Å². The molecule has 0 unspecified atom stereocenters. The summed E-state index contributed by atoms with van der Waals surface area (Å²) in [5, 5.41) is 6.27. The van der Waals surface area contributed by atoms with Crippen molar-refractivity contribution in [2.75, 3.05) is 26.7 Å². The van der Waals surface area contributed by atoms with Crippen molar-refractivity contribution in [3.05, 3.63) is 34.9 Å². The zero-order chi connectivity index (χ0) is 18.2. The molecule has 0 atom stereocenters. The molecule has 1 aromatic carbocycles. The molecule has 0 radical (unpaired) electrons. The van der Waals surface area contributed by atoms with Crippen LogP contribution < -0.4 is 10.6 Å². The van der Waals surface area contributed by atoms with Gasteiger partial charge in [0, 0.05) is 18.6 Å². The topological polar surface area (TPSA) is 56.7 Å². The smallest absolute Gasteiger partial charge is 0.357 e. The summed E-state index contributed by atoms with van der Waals surface area (Å²) in [6, 6.07) is 7.11. The lowest BCUT2D eigenvalue weighted by atomic mass is 10.2. The average molecular weight is 493 g/mol. The van der Waals surface area contributed by atoms with Crippen molar-refractivity contribution in [3.8, 4) is 0 Å². The van der Waals surface area contributed by atoms with E-state index >= 15 is 0 Å². The molecule has 0 bridgehead atoms. The number of amides is 1. The van der Waals surface area contributed by atoms with Crippen molar-refractivity contribution in [2.45, 2.75) is 19.6 Å². The van der Waals surface area contributed by atoms with Crippen LogP contribution in [-0.4, -0.2) is 49.6 Å². The van der Waals surface area contributed by atoms with E-state index in [9.17, 15) is 18.0 Å². The minimum atomic E-state index is -4.42. The molecular weight excluding hydrogens is 472 g/mol. The van der Waals surface area contributed by atoms with Gasteiger partial charge in [0.2, 0.25) is 5.91 Å². The number of nitrogens with one attached hydrogen (secondary N) is 2. The van der Waals surface area contributed by atoms with Crippen molar-refractivity contribution in [1.82, 2.24) is 15.5 Å². The molecule has 0 fully saturated rings. The molecule has 0 saturated heterocycles. The molecule has 0 aliphatic rings. The van der Waals surface area contributed by atoms with Gasteiger partial charge < -0.3 is 15.5 Å². The van der Waals surface area contributed by atoms with Crippen molar-refractivity contribution >= 4 is 47.4 Å². The van der Waals surface area contributed by atoms with E-state index in [0.717, 1.165) is 12.6 Å². The normalized spacial score (nSPS) is 11.5. The van der Waals surface area contributed by atoms with E-state index in [2.05, 4.69) is 15.6 Å². The van der Waals surface area contributed by atoms with Crippen molar-refractivity contribution in [3.63, 3.8) is 0 Å². The molecule has 2 N–H and O–H groups in total. The van der Waals surface area contributed by atoms with E-state index < -0.39 is 18.6 Å². The van der Waals surface area contributed by atoms with E-state index in [0.29, 0.717) is 29.0 Å². The molecule has 1 aromatic rings. The van der Waals surface area contributed by atoms with Crippen molar-refractivity contribution in [2.24, 2.45) is 4.99 Å². The Balaban J connectivity index is 0.00000576. The quantitative estimate of drug-likeness (QED) is 0.365. The summed E-state index contributed by atoms with van der Waals surface area (Å²) in [5.41, 5.74) is 0.914. The molecule has 0 spiro atoms. The van der Waals surface area contributed by atoms with E-state index in [1.807, 2.05) is 19.1 Å². The third-order valence-corrected chi connectivity index (χ3v) is 3.18. The van der Waals surface area contributed by atoms with Gasteiger partial charge in [-0.2, -0.15) is 13.2 Å². The summed E-state index contributed by atoms with van der Waals surface area (Å²) in [7, 11) is 1.11. The fourth-order valence-electron chi connectivity index (χ4n) is 1.75. The van der Waals surface area contributed by atoms with Gasteiger partial charge in [0.25, 0.3) is 0 Å². The van der Waals surface area contributed by atoms with Crippen molar-refractivity contribution < 1.29 is 18.0 Å². The van der Waals surface area contributed by atoms with Crippen LogP contribution in [0.15, 0.2) is 29.3 Å². The summed E-state index contributed by atoms with van der Waals surface area (Å²) in [5.74, 6) is -0.328. The summed E-state index contributed by atoms with van der Waals surface area (Å²) in [4.78, 5) is 16.6. The standard InChI is InChI=1S/C15H20ClF3N4O.HI/c1-3-20-14(21-8-11-4-6-12(16)7-5-11)22-9-13(24)23(2)10-15(17,18)19;/h4-7H,3,8-10H2,1-2H3,(H2,20,21,22);1H. The van der Waals surface area contributed by atoms with Gasteiger partial charge in [0.1, 0.15) is 6.54 Å². The Morgan fingerprint density at radius 2 is 1.84 bits per heavy atom. The second-order valence-corrected chi connectivity index (χ2v) is 5.48. The Morgan fingerprint density at radius 3 is 2.36 bits per heavy atom. The number of halogens is 5. The largest absolute Gasteiger partial charge is 0.406 e. The first-order valence-electron chi connectivity index (χ1n) is 7.28. The number of nitrogens with zero attached hydrogens (tertiary/aromatic N) is 2. The Kier molecular flexibility index (Phi) is 10.8. The van der Waals surface area contributed by atoms with E-state index in [1.165, 1.54) is 0 Å². The van der Waals surface area contributed by atoms with E-state index in [4.69, 9.17) is 11.6 Å². The highest BCUT2D eigenvalue weighted by molar-refractivity contribution is 14.0. The summed E-state index contributed by atoms with van der Waals surface area (Å²) in [6.45, 7) is 1.18. The van der Waals surface area contributed by atoms with Crippen LogP contribution >= 0.6 is 35.6 Å². The van der Waals surface area contributed by atoms with Crippen LogP contribution in [0.4, 0.5) is 13.2 Å². The second kappa shape index (κ2) is 11.4. The SMILES string of the molecule is CCNC(=NCc1ccc(Cl)cc1)NCC(=O)N(C)CC(F)(F)F.I. The lowest BCUT2D eigenvalue weighted by molar-refractivity contribution is -0.157. The lowest BCUT2D eigenvalue weighted by Crippen LogP contribution is -2.45. The fraction of sp³-hybridized carbons (Fsp3) is 0.467. The van der Waals surface area contributed by atoms with E-state index in [1.54, 1.807) is 12.1 Å². The second-order valence-electron chi connectivity index (χ2n) is 5.04. The highest BCUT2D eigenvalue weighted by Gasteiger charge is 2.31. The third kappa shape index (κ3) is 10.4. The first-order valence-corrected chi connectivity index (χ1v) is 7.66. The number of likely N-dealkylation sites (N-methyl/N-ethyl adjacent to an activating group) is 1. The lowest BCUT2D eigenvalue weighted by Gasteiger charge is -2.20. The van der Waals surface area contributed by atoms with Gasteiger partial charge >= 0.3 is 6.18 Å². The van der Waals surface area contributed by atoms with Crippen LogP contribution in [0.25, 0.3) is 0 Å². The molecule has 0 aliphatic carbocycles. The Morgan fingerprint density at radius 1 is 1.24 bits per heavy atom. The van der Waals surface area contributed by atoms with Gasteiger partial charge in [-0.3, -0.25) is 4.79 Å². The predicted octanol–water partition coefficient (Wildman–Crippen LogP) is 3.03. The average Bonchev–Trinajstić information content (AvgIpc) is 2.49. The van der Waals surface area contributed by atoms with Crippen LogP contribution in [0.3, 0.4) is 0 Å². The molecule has 0 heterocycles. The summed E-state index contributed by atoms with van der Waals surface area (Å²) in [6.07, 6.45) is -4.42. The van der Waals surface area contributed by atoms with E-state index in [-0.39, 0.29) is 30.5 Å². The first-order chi connectivity index (χ1) is 11.2. The molecule has 25 heavy (non-hydrogen) atoms. The Hall–Kier alpha value is -1.23. The van der Waals surface area contributed by atoms with Gasteiger partial charge in [-0.1, -0.05) is 23.7 Å². The fourth-order valence-corrected chi connectivity index (χ4v) is 1.88. The number of hydrogen-bond acceptors (Lipinski definition) is 2. The van der Waals surface area contributed by atoms with Gasteiger partial charge in [0.05, 0.1) is 13.1 Å². The molecule has 1 rings (SSSR count). The maximum Gasteiger partial charge on any atom is 0.406 e. The number of aliphatic imine (C=N–C) groups is 1. The third-order valence-electron chi connectivity index (χ3n) is 2.93.